The Hall–Kier alpha value is -1.93. The number of aromatic nitrogens is 2. The molecule has 0 N–H and O–H groups in total. The number of hydrogen-bond acceptors (Lipinski definition) is 2. The van der Waals surface area contributed by atoms with Gasteiger partial charge < -0.3 is 0 Å². The number of rotatable bonds is 1. The maximum absolute atomic E-state index is 6.45. The lowest BCUT2D eigenvalue weighted by molar-refractivity contribution is 1.23. The van der Waals surface area contributed by atoms with Crippen LogP contribution in [0.4, 0.5) is 0 Å². The van der Waals surface area contributed by atoms with E-state index in [-0.39, 0.29) is 0 Å². The quantitative estimate of drug-likeness (QED) is 0.646. The van der Waals surface area contributed by atoms with Gasteiger partial charge in [0, 0.05) is 11.6 Å². The van der Waals surface area contributed by atoms with Crippen LogP contribution in [-0.2, 0) is 0 Å². The maximum atomic E-state index is 6.45. The molecule has 0 radical (unpaired) electrons. The maximum Gasteiger partial charge on any atom is 0.0937 e. The molecule has 2 aromatic heterocycles. The molecule has 3 rings (SSSR count). The summed E-state index contributed by atoms with van der Waals surface area (Å²) in [6.45, 7) is 4.03. The van der Waals surface area contributed by atoms with Gasteiger partial charge in [-0.15, -0.1) is 0 Å². The lowest BCUT2D eigenvalue weighted by Gasteiger charge is -2.10. The zero-order valence-corrected chi connectivity index (χ0v) is 11.6. The van der Waals surface area contributed by atoms with Crippen LogP contribution in [0.3, 0.4) is 0 Å². The van der Waals surface area contributed by atoms with Crippen LogP contribution >= 0.6 is 11.6 Å². The third kappa shape index (κ3) is 2.08. The molecule has 0 saturated heterocycles. The van der Waals surface area contributed by atoms with Crippen molar-refractivity contribution in [2.45, 2.75) is 13.8 Å². The smallest absolute Gasteiger partial charge is 0.0937 e. The van der Waals surface area contributed by atoms with E-state index in [1.165, 1.54) is 0 Å². The van der Waals surface area contributed by atoms with Crippen LogP contribution in [0.5, 0.6) is 0 Å². The predicted octanol–water partition coefficient (Wildman–Crippen LogP) is 4.57. The van der Waals surface area contributed by atoms with Gasteiger partial charge in [0.05, 0.1) is 21.9 Å². The van der Waals surface area contributed by atoms with Crippen LogP contribution < -0.4 is 0 Å². The summed E-state index contributed by atoms with van der Waals surface area (Å²) in [5, 5.41) is 1.74. The second-order valence-corrected chi connectivity index (χ2v) is 5.01. The highest BCUT2D eigenvalue weighted by Crippen LogP contribution is 2.32. The summed E-state index contributed by atoms with van der Waals surface area (Å²) in [5.41, 5.74) is 4.75. The molecule has 0 unspecified atom stereocenters. The molecular weight excluding hydrogens is 256 g/mol. The summed E-state index contributed by atoms with van der Waals surface area (Å²) < 4.78 is 0. The summed E-state index contributed by atoms with van der Waals surface area (Å²) in [6, 6.07) is 11.9. The molecule has 0 amide bonds. The fourth-order valence-electron chi connectivity index (χ4n) is 2.18. The van der Waals surface area contributed by atoms with E-state index in [9.17, 15) is 0 Å². The second-order valence-electron chi connectivity index (χ2n) is 4.63. The largest absolute Gasteiger partial charge is 0.255 e. The van der Waals surface area contributed by atoms with E-state index in [0.29, 0.717) is 0 Å². The van der Waals surface area contributed by atoms with Crippen molar-refractivity contribution >= 4 is 22.5 Å². The number of aryl methyl sites for hydroxylation is 1. The zero-order chi connectivity index (χ0) is 13.4. The Bertz CT molecular complexity index is 766. The number of fused-ring (bicyclic) bond motifs is 1. The fourth-order valence-corrected chi connectivity index (χ4v) is 2.43. The van der Waals surface area contributed by atoms with Crippen molar-refractivity contribution in [3.63, 3.8) is 0 Å². The SMILES string of the molecule is Cc1ccnc(-c2nc3ccccc3c(Cl)c2C)c1. The van der Waals surface area contributed by atoms with Crippen molar-refractivity contribution in [3.8, 4) is 11.4 Å². The molecule has 0 fully saturated rings. The third-order valence-electron chi connectivity index (χ3n) is 3.22. The van der Waals surface area contributed by atoms with Crippen LogP contribution in [-0.4, -0.2) is 9.97 Å². The molecule has 1 aromatic carbocycles. The highest BCUT2D eigenvalue weighted by molar-refractivity contribution is 6.36. The van der Waals surface area contributed by atoms with Gasteiger partial charge in [-0.05, 0) is 43.2 Å². The van der Waals surface area contributed by atoms with E-state index < -0.39 is 0 Å². The molecule has 0 saturated carbocycles. The number of nitrogens with zero attached hydrogens (tertiary/aromatic N) is 2. The van der Waals surface area contributed by atoms with Crippen LogP contribution in [0.15, 0.2) is 42.6 Å². The minimum Gasteiger partial charge on any atom is -0.255 e. The molecule has 3 aromatic rings. The molecule has 2 nitrogen and oxygen atoms in total. The average molecular weight is 269 g/mol. The number of benzene rings is 1. The Kier molecular flexibility index (Phi) is 2.96. The van der Waals surface area contributed by atoms with Gasteiger partial charge in [-0.1, -0.05) is 29.8 Å². The number of halogens is 1. The molecule has 0 bridgehead atoms. The monoisotopic (exact) mass is 268 g/mol. The van der Waals surface area contributed by atoms with Crippen molar-refractivity contribution in [2.24, 2.45) is 0 Å². The topological polar surface area (TPSA) is 25.8 Å². The molecule has 94 valence electrons. The van der Waals surface area contributed by atoms with E-state index in [1.54, 1.807) is 6.20 Å². The van der Waals surface area contributed by atoms with Gasteiger partial charge in [-0.3, -0.25) is 4.98 Å². The normalized spacial score (nSPS) is 10.9. The Balaban J connectivity index is 2.33. The van der Waals surface area contributed by atoms with Crippen molar-refractivity contribution in [1.29, 1.82) is 0 Å². The van der Waals surface area contributed by atoms with Crippen LogP contribution in [0.25, 0.3) is 22.3 Å². The van der Waals surface area contributed by atoms with Gasteiger partial charge in [-0.2, -0.15) is 0 Å². The predicted molar refractivity (Wildman–Crippen MR) is 79.5 cm³/mol. The minimum absolute atomic E-state index is 0.754. The van der Waals surface area contributed by atoms with Crippen molar-refractivity contribution < 1.29 is 0 Å². The van der Waals surface area contributed by atoms with Crippen molar-refractivity contribution in [2.75, 3.05) is 0 Å². The van der Waals surface area contributed by atoms with E-state index in [1.807, 2.05) is 50.2 Å². The van der Waals surface area contributed by atoms with Crippen LogP contribution in [0, 0.1) is 13.8 Å². The minimum atomic E-state index is 0.754. The summed E-state index contributed by atoms with van der Waals surface area (Å²) in [4.78, 5) is 9.10. The first kappa shape index (κ1) is 12.1. The summed E-state index contributed by atoms with van der Waals surface area (Å²) in [6.07, 6.45) is 1.80. The van der Waals surface area contributed by atoms with Crippen molar-refractivity contribution in [3.05, 3.63) is 58.7 Å². The average Bonchev–Trinajstić information content (AvgIpc) is 2.43. The first-order chi connectivity index (χ1) is 9.16. The molecule has 2 heterocycles. The van der Waals surface area contributed by atoms with E-state index >= 15 is 0 Å². The molecule has 3 heteroatoms. The lowest BCUT2D eigenvalue weighted by Crippen LogP contribution is -1.94. The molecular formula is C16H13ClN2. The van der Waals surface area contributed by atoms with Gasteiger partial charge >= 0.3 is 0 Å². The molecule has 0 aliphatic rings. The fraction of sp³-hybridized carbons (Fsp3) is 0.125. The second kappa shape index (κ2) is 4.63. The van der Waals surface area contributed by atoms with E-state index in [4.69, 9.17) is 16.6 Å². The van der Waals surface area contributed by atoms with Gasteiger partial charge in [0.2, 0.25) is 0 Å². The van der Waals surface area contributed by atoms with E-state index in [2.05, 4.69) is 4.98 Å². The first-order valence-electron chi connectivity index (χ1n) is 6.14. The van der Waals surface area contributed by atoms with E-state index in [0.717, 1.165) is 38.4 Å². The summed E-state index contributed by atoms with van der Waals surface area (Å²) >= 11 is 6.45. The lowest BCUT2D eigenvalue weighted by atomic mass is 10.1. The molecule has 0 aliphatic heterocycles. The zero-order valence-electron chi connectivity index (χ0n) is 10.8. The Labute approximate surface area is 117 Å². The van der Waals surface area contributed by atoms with Crippen molar-refractivity contribution in [1.82, 2.24) is 9.97 Å². The van der Waals surface area contributed by atoms with Crippen LogP contribution in [0.2, 0.25) is 5.02 Å². The van der Waals surface area contributed by atoms with Crippen LogP contribution in [0.1, 0.15) is 11.1 Å². The van der Waals surface area contributed by atoms with Gasteiger partial charge in [0.25, 0.3) is 0 Å². The first-order valence-corrected chi connectivity index (χ1v) is 6.52. The summed E-state index contributed by atoms with van der Waals surface area (Å²) in [7, 11) is 0. The third-order valence-corrected chi connectivity index (χ3v) is 3.70. The molecule has 0 spiro atoms. The van der Waals surface area contributed by atoms with Gasteiger partial charge in [0.1, 0.15) is 0 Å². The van der Waals surface area contributed by atoms with Gasteiger partial charge in [0.15, 0.2) is 0 Å². The number of para-hydroxylation sites is 1. The highest BCUT2D eigenvalue weighted by Gasteiger charge is 2.12. The Morgan fingerprint density at radius 1 is 1.05 bits per heavy atom. The highest BCUT2D eigenvalue weighted by atomic mass is 35.5. The number of hydrogen-bond donors (Lipinski definition) is 0. The molecule has 0 aliphatic carbocycles. The standard InChI is InChI=1S/C16H13ClN2/c1-10-7-8-18-14(9-10)16-11(2)15(17)12-5-3-4-6-13(12)19-16/h3-9H,1-2H3. The Morgan fingerprint density at radius 3 is 2.63 bits per heavy atom. The molecule has 0 atom stereocenters. The molecule has 19 heavy (non-hydrogen) atoms. The van der Waals surface area contributed by atoms with Gasteiger partial charge in [-0.25, -0.2) is 4.98 Å². The Morgan fingerprint density at radius 2 is 1.84 bits per heavy atom. The number of pyridine rings is 2. The summed E-state index contributed by atoms with van der Waals surface area (Å²) in [5.74, 6) is 0.